The zero-order chi connectivity index (χ0) is 23.5. The topological polar surface area (TPSA) is 106 Å². The number of anilines is 2. The minimum absolute atomic E-state index is 0.0672. The summed E-state index contributed by atoms with van der Waals surface area (Å²) >= 11 is 7.52. The lowest BCUT2D eigenvalue weighted by Crippen LogP contribution is -2.46. The quantitative estimate of drug-likeness (QED) is 0.479. The van der Waals surface area contributed by atoms with E-state index in [0.29, 0.717) is 10.7 Å². The Morgan fingerprint density at radius 3 is 2.47 bits per heavy atom. The van der Waals surface area contributed by atoms with Gasteiger partial charge in [0.05, 0.1) is 12.0 Å². The van der Waals surface area contributed by atoms with Gasteiger partial charge in [-0.15, -0.1) is 11.8 Å². The second kappa shape index (κ2) is 9.62. The molecule has 168 valence electrons. The number of nitrogens with one attached hydrogen (secondary N) is 1. The van der Waals surface area contributed by atoms with Gasteiger partial charge in [0.15, 0.2) is 0 Å². The van der Waals surface area contributed by atoms with Crippen LogP contribution in [0.4, 0.5) is 11.6 Å². The number of hydrogen-bond acceptors (Lipinski definition) is 6. The highest BCUT2D eigenvalue weighted by molar-refractivity contribution is 7.98. The lowest BCUT2D eigenvalue weighted by molar-refractivity contribution is -0.147. The van der Waals surface area contributed by atoms with Gasteiger partial charge in [-0.05, 0) is 56.0 Å². The average Bonchev–Trinajstić information content (AvgIpc) is 2.75. The van der Waals surface area contributed by atoms with E-state index in [1.807, 2.05) is 24.5 Å². The molecule has 0 fully saturated rings. The summed E-state index contributed by atoms with van der Waals surface area (Å²) in [5, 5.41) is 13.1. The van der Waals surface area contributed by atoms with Crippen LogP contribution >= 0.6 is 23.4 Å². The van der Waals surface area contributed by atoms with Gasteiger partial charge in [-0.25, -0.2) is 14.2 Å². The van der Waals surface area contributed by atoms with Gasteiger partial charge in [0, 0.05) is 22.2 Å². The smallest absolute Gasteiger partial charge is 0.354 e. The van der Waals surface area contributed by atoms with Crippen molar-refractivity contribution >= 4 is 41.0 Å². The predicted molar refractivity (Wildman–Crippen MR) is 126 cm³/mol. The Morgan fingerprint density at radius 2 is 1.84 bits per heavy atom. The summed E-state index contributed by atoms with van der Waals surface area (Å²) in [5.74, 6) is -1.05. The predicted octanol–water partition coefficient (Wildman–Crippen LogP) is 3.68. The second-order valence-corrected chi connectivity index (χ2v) is 9.16. The van der Waals surface area contributed by atoms with Crippen LogP contribution in [0.3, 0.4) is 0 Å². The minimum Gasteiger partial charge on any atom is -0.481 e. The Labute approximate surface area is 193 Å². The fraction of sp³-hybridized carbons (Fsp3) is 0.273. The maximum Gasteiger partial charge on any atom is 0.354 e. The molecule has 0 spiro atoms. The van der Waals surface area contributed by atoms with E-state index in [2.05, 4.69) is 10.3 Å². The molecular weight excluding hydrogens is 452 g/mol. The minimum atomic E-state index is -1.33. The SMILES string of the molecule is CSc1cccc(Nc2nc(=O)n(CC(C)(C)C(=O)O)c(=O)n2Cc2ccc(Cl)cc2)c1. The van der Waals surface area contributed by atoms with Gasteiger partial charge in [0.25, 0.3) is 0 Å². The molecule has 0 atom stereocenters. The van der Waals surface area contributed by atoms with Crippen LogP contribution in [-0.2, 0) is 17.9 Å². The molecule has 1 aromatic heterocycles. The lowest BCUT2D eigenvalue weighted by atomic mass is 9.94. The molecule has 3 aromatic rings. The number of hydrogen-bond donors (Lipinski definition) is 2. The van der Waals surface area contributed by atoms with Crippen molar-refractivity contribution in [2.45, 2.75) is 31.8 Å². The van der Waals surface area contributed by atoms with Crippen molar-refractivity contribution in [1.29, 1.82) is 0 Å². The Balaban J connectivity index is 2.12. The molecule has 0 bridgehead atoms. The number of rotatable bonds is 8. The van der Waals surface area contributed by atoms with Gasteiger partial charge in [-0.3, -0.25) is 9.36 Å². The van der Waals surface area contributed by atoms with Crippen molar-refractivity contribution in [3.05, 3.63) is 80.1 Å². The third-order valence-corrected chi connectivity index (χ3v) is 5.84. The Morgan fingerprint density at radius 1 is 1.16 bits per heavy atom. The van der Waals surface area contributed by atoms with Crippen LogP contribution in [0.2, 0.25) is 5.02 Å². The van der Waals surface area contributed by atoms with Crippen molar-refractivity contribution in [2.24, 2.45) is 5.41 Å². The molecule has 3 rings (SSSR count). The van der Waals surface area contributed by atoms with Crippen LogP contribution in [0.15, 0.2) is 63.0 Å². The van der Waals surface area contributed by atoms with Crippen molar-refractivity contribution in [2.75, 3.05) is 11.6 Å². The van der Waals surface area contributed by atoms with Crippen LogP contribution in [0.25, 0.3) is 0 Å². The molecule has 0 saturated heterocycles. The first-order chi connectivity index (χ1) is 15.1. The summed E-state index contributed by atoms with van der Waals surface area (Å²) in [5.41, 5.74) is -1.37. The Kier molecular flexibility index (Phi) is 7.10. The summed E-state index contributed by atoms with van der Waals surface area (Å²) in [6.07, 6.45) is 1.94. The average molecular weight is 475 g/mol. The lowest BCUT2D eigenvalue weighted by Gasteiger charge is -2.21. The van der Waals surface area contributed by atoms with E-state index in [4.69, 9.17) is 11.6 Å². The molecule has 0 aliphatic carbocycles. The molecule has 0 radical (unpaired) electrons. The molecule has 0 saturated carbocycles. The maximum atomic E-state index is 13.3. The summed E-state index contributed by atoms with van der Waals surface area (Å²) in [6, 6.07) is 14.4. The fourth-order valence-electron chi connectivity index (χ4n) is 2.97. The van der Waals surface area contributed by atoms with E-state index in [-0.39, 0.29) is 19.0 Å². The first-order valence-corrected chi connectivity index (χ1v) is 11.3. The standard InChI is InChI=1S/C22H23ClN4O4S/c1-22(2,18(28)29)13-27-20(30)25-19(24-16-5-4-6-17(11-16)32-3)26(21(27)31)12-14-7-9-15(23)10-8-14/h4-11H,12-13H2,1-3H3,(H,28,29)(H,24,25,30). The van der Waals surface area contributed by atoms with Crippen LogP contribution in [0.1, 0.15) is 19.4 Å². The first kappa shape index (κ1) is 23.6. The van der Waals surface area contributed by atoms with Gasteiger partial charge >= 0.3 is 17.3 Å². The zero-order valence-electron chi connectivity index (χ0n) is 17.8. The van der Waals surface area contributed by atoms with E-state index in [1.54, 1.807) is 42.1 Å². The first-order valence-electron chi connectivity index (χ1n) is 9.71. The highest BCUT2D eigenvalue weighted by atomic mass is 35.5. The molecule has 0 aliphatic rings. The molecule has 0 unspecified atom stereocenters. The van der Waals surface area contributed by atoms with Gasteiger partial charge in [0.1, 0.15) is 0 Å². The van der Waals surface area contributed by atoms with Crippen molar-refractivity contribution < 1.29 is 9.90 Å². The number of carbonyl (C=O) groups is 1. The molecule has 0 amide bonds. The molecule has 2 aromatic carbocycles. The van der Waals surface area contributed by atoms with Crippen molar-refractivity contribution in [1.82, 2.24) is 14.1 Å². The number of carboxylic acid groups (broad SMARTS) is 1. The molecule has 32 heavy (non-hydrogen) atoms. The van der Waals surface area contributed by atoms with E-state index >= 15 is 0 Å². The van der Waals surface area contributed by atoms with Crippen molar-refractivity contribution in [3.63, 3.8) is 0 Å². The van der Waals surface area contributed by atoms with E-state index < -0.39 is 22.8 Å². The highest BCUT2D eigenvalue weighted by Gasteiger charge is 2.30. The molecule has 10 heteroatoms. The van der Waals surface area contributed by atoms with Crippen LogP contribution in [-0.4, -0.2) is 31.4 Å². The number of benzene rings is 2. The molecule has 1 heterocycles. The van der Waals surface area contributed by atoms with Crippen LogP contribution < -0.4 is 16.7 Å². The van der Waals surface area contributed by atoms with E-state index in [1.165, 1.54) is 18.4 Å². The van der Waals surface area contributed by atoms with E-state index in [0.717, 1.165) is 15.0 Å². The molecular formula is C22H23ClN4O4S. The third kappa shape index (κ3) is 5.41. The summed E-state index contributed by atoms with van der Waals surface area (Å²) < 4.78 is 2.17. The third-order valence-electron chi connectivity index (χ3n) is 4.86. The Hall–Kier alpha value is -3.04. The molecule has 0 aliphatic heterocycles. The van der Waals surface area contributed by atoms with Gasteiger partial charge < -0.3 is 10.4 Å². The number of halogens is 1. The van der Waals surface area contributed by atoms with E-state index in [9.17, 15) is 19.5 Å². The van der Waals surface area contributed by atoms with Gasteiger partial charge in [0.2, 0.25) is 5.95 Å². The summed E-state index contributed by atoms with van der Waals surface area (Å²) in [7, 11) is 0. The van der Waals surface area contributed by atoms with Crippen LogP contribution in [0.5, 0.6) is 0 Å². The van der Waals surface area contributed by atoms with Crippen molar-refractivity contribution in [3.8, 4) is 0 Å². The Bertz CT molecular complexity index is 1250. The number of aliphatic carboxylic acids is 1. The number of aromatic nitrogens is 3. The fourth-order valence-corrected chi connectivity index (χ4v) is 3.55. The molecule has 8 nitrogen and oxygen atoms in total. The van der Waals surface area contributed by atoms with Gasteiger partial charge in [-0.2, -0.15) is 4.98 Å². The number of thioether (sulfide) groups is 1. The largest absolute Gasteiger partial charge is 0.481 e. The number of nitrogens with zero attached hydrogens (tertiary/aromatic N) is 3. The number of carboxylic acids is 1. The monoisotopic (exact) mass is 474 g/mol. The second-order valence-electron chi connectivity index (χ2n) is 7.85. The molecule has 2 N–H and O–H groups in total. The highest BCUT2D eigenvalue weighted by Crippen LogP contribution is 2.22. The van der Waals surface area contributed by atoms with Gasteiger partial charge in [-0.1, -0.05) is 29.8 Å². The maximum absolute atomic E-state index is 13.3. The van der Waals surface area contributed by atoms with Crippen LogP contribution in [0, 0.1) is 5.41 Å². The normalized spacial score (nSPS) is 11.4. The summed E-state index contributed by atoms with van der Waals surface area (Å²) in [6.45, 7) is 2.70. The zero-order valence-corrected chi connectivity index (χ0v) is 19.4. The summed E-state index contributed by atoms with van der Waals surface area (Å²) in [4.78, 5) is 42.7.